The van der Waals surface area contributed by atoms with E-state index < -0.39 is 0 Å². The van der Waals surface area contributed by atoms with E-state index in [9.17, 15) is 0 Å². The van der Waals surface area contributed by atoms with Gasteiger partial charge in [0, 0.05) is 25.7 Å². The van der Waals surface area contributed by atoms with Gasteiger partial charge in [-0.1, -0.05) is 25.7 Å². The van der Waals surface area contributed by atoms with Crippen molar-refractivity contribution < 1.29 is 5.11 Å². The van der Waals surface area contributed by atoms with Crippen LogP contribution in [-0.2, 0) is 0 Å². The lowest BCUT2D eigenvalue weighted by Crippen LogP contribution is -2.38. The predicted molar refractivity (Wildman–Crippen MR) is 107 cm³/mol. The Bertz CT molecular complexity index is 752. The number of anilines is 1. The SMILES string of the molecule is OCCCCC1CCN(Nc2nc(Cl)nc3c2ncn3C2CCCC2)CC1. The fraction of sp³-hybridized carbons (Fsp3) is 0.737. The molecule has 8 heteroatoms. The third-order valence-corrected chi connectivity index (χ3v) is 6.18. The number of hydrogen-bond donors (Lipinski definition) is 2. The summed E-state index contributed by atoms with van der Waals surface area (Å²) in [5, 5.41) is 11.4. The minimum atomic E-state index is 0.267. The van der Waals surface area contributed by atoms with Gasteiger partial charge in [-0.05, 0) is 49.6 Å². The third-order valence-electron chi connectivity index (χ3n) is 6.01. The van der Waals surface area contributed by atoms with Crippen molar-refractivity contribution in [1.29, 1.82) is 0 Å². The summed E-state index contributed by atoms with van der Waals surface area (Å²) in [7, 11) is 0. The first-order valence-corrected chi connectivity index (χ1v) is 10.6. The maximum Gasteiger partial charge on any atom is 0.226 e. The maximum atomic E-state index is 8.93. The lowest BCUT2D eigenvalue weighted by molar-refractivity contribution is 0.202. The van der Waals surface area contributed by atoms with E-state index in [-0.39, 0.29) is 5.28 Å². The van der Waals surface area contributed by atoms with E-state index in [1.807, 2.05) is 6.33 Å². The summed E-state index contributed by atoms with van der Waals surface area (Å²) in [4.78, 5) is 13.5. The monoisotopic (exact) mass is 392 g/mol. The molecule has 3 heterocycles. The van der Waals surface area contributed by atoms with Gasteiger partial charge in [0.25, 0.3) is 0 Å². The zero-order valence-electron chi connectivity index (χ0n) is 15.8. The lowest BCUT2D eigenvalue weighted by Gasteiger charge is -2.32. The number of unbranched alkanes of at least 4 members (excludes halogenated alkanes) is 1. The van der Waals surface area contributed by atoms with Gasteiger partial charge in [0.05, 0.1) is 6.33 Å². The number of fused-ring (bicyclic) bond motifs is 1. The number of halogens is 1. The molecule has 0 spiro atoms. The molecule has 0 atom stereocenters. The Morgan fingerprint density at radius 2 is 1.89 bits per heavy atom. The Kier molecular flexibility index (Phi) is 6.10. The molecule has 2 fully saturated rings. The standard InChI is InChI=1S/C19H29ClN6O/c20-19-22-17(24-25-10-8-14(9-11-25)5-3-4-12-27)16-18(23-19)26(13-21-16)15-6-1-2-7-15/h13-15,27H,1-12H2,(H,22,23,24). The Balaban J connectivity index is 1.43. The van der Waals surface area contributed by atoms with Gasteiger partial charge in [0.1, 0.15) is 0 Å². The predicted octanol–water partition coefficient (Wildman–Crippen LogP) is 3.80. The molecule has 2 N–H and O–H groups in total. The highest BCUT2D eigenvalue weighted by Crippen LogP contribution is 2.33. The van der Waals surface area contributed by atoms with Crippen molar-refractivity contribution in [3.8, 4) is 0 Å². The molecule has 1 aliphatic carbocycles. The Hall–Kier alpha value is -1.44. The van der Waals surface area contributed by atoms with Gasteiger partial charge < -0.3 is 15.1 Å². The summed E-state index contributed by atoms with van der Waals surface area (Å²) in [5.74, 6) is 1.46. The number of aromatic nitrogens is 4. The second-order valence-corrected chi connectivity index (χ2v) is 8.20. The van der Waals surface area contributed by atoms with Crippen LogP contribution in [0.4, 0.5) is 5.82 Å². The van der Waals surface area contributed by atoms with E-state index in [1.54, 1.807) is 0 Å². The average Bonchev–Trinajstić information content (AvgIpc) is 3.32. The van der Waals surface area contributed by atoms with Crippen molar-refractivity contribution in [2.45, 2.75) is 63.8 Å². The van der Waals surface area contributed by atoms with Gasteiger partial charge in [-0.15, -0.1) is 0 Å². The van der Waals surface area contributed by atoms with Crippen LogP contribution in [0.2, 0.25) is 5.28 Å². The number of rotatable bonds is 7. The zero-order valence-corrected chi connectivity index (χ0v) is 16.5. The second kappa shape index (κ2) is 8.71. The molecule has 1 saturated heterocycles. The Morgan fingerprint density at radius 3 is 2.63 bits per heavy atom. The van der Waals surface area contributed by atoms with E-state index in [0.717, 1.165) is 55.9 Å². The number of nitrogens with zero attached hydrogens (tertiary/aromatic N) is 5. The van der Waals surface area contributed by atoms with E-state index in [0.29, 0.717) is 18.5 Å². The smallest absolute Gasteiger partial charge is 0.226 e. The van der Waals surface area contributed by atoms with Gasteiger partial charge >= 0.3 is 0 Å². The van der Waals surface area contributed by atoms with Crippen molar-refractivity contribution in [2.75, 3.05) is 25.1 Å². The van der Waals surface area contributed by atoms with Crippen LogP contribution in [0, 0.1) is 5.92 Å². The number of aliphatic hydroxyl groups is 1. The third kappa shape index (κ3) is 4.36. The molecule has 2 aromatic rings. The molecule has 7 nitrogen and oxygen atoms in total. The summed E-state index contributed by atoms with van der Waals surface area (Å²) in [6.45, 7) is 2.27. The molecule has 0 unspecified atom stereocenters. The van der Waals surface area contributed by atoms with Crippen LogP contribution in [0.1, 0.15) is 63.8 Å². The first-order valence-electron chi connectivity index (χ1n) is 10.3. The zero-order chi connectivity index (χ0) is 18.6. The number of hydrogen-bond acceptors (Lipinski definition) is 6. The minimum Gasteiger partial charge on any atom is -0.396 e. The van der Waals surface area contributed by atoms with Crippen LogP contribution in [0.15, 0.2) is 6.33 Å². The van der Waals surface area contributed by atoms with E-state index >= 15 is 0 Å². The van der Waals surface area contributed by atoms with Crippen molar-refractivity contribution >= 4 is 28.6 Å². The summed E-state index contributed by atoms with van der Waals surface area (Å²) >= 11 is 6.23. The molecular weight excluding hydrogens is 364 g/mol. The molecule has 0 bridgehead atoms. The first kappa shape index (κ1) is 18.9. The van der Waals surface area contributed by atoms with Crippen molar-refractivity contribution in [1.82, 2.24) is 24.5 Å². The summed E-state index contributed by atoms with van der Waals surface area (Å²) in [6.07, 6.45) is 12.4. The number of nitrogens with one attached hydrogen (secondary N) is 1. The van der Waals surface area contributed by atoms with Crippen LogP contribution < -0.4 is 5.43 Å². The van der Waals surface area contributed by atoms with Crippen LogP contribution in [0.3, 0.4) is 0 Å². The fourth-order valence-electron chi connectivity index (χ4n) is 4.45. The highest BCUT2D eigenvalue weighted by molar-refractivity contribution is 6.28. The molecule has 2 aliphatic rings. The Morgan fingerprint density at radius 1 is 1.11 bits per heavy atom. The molecule has 0 aromatic carbocycles. The number of aliphatic hydroxyl groups excluding tert-OH is 1. The fourth-order valence-corrected chi connectivity index (χ4v) is 4.61. The van der Waals surface area contributed by atoms with Gasteiger partial charge in [-0.25, -0.2) is 9.99 Å². The van der Waals surface area contributed by atoms with Gasteiger partial charge in [-0.3, -0.25) is 0 Å². The summed E-state index contributed by atoms with van der Waals surface area (Å²) < 4.78 is 2.18. The molecule has 0 radical (unpaired) electrons. The van der Waals surface area contributed by atoms with E-state index in [2.05, 4.69) is 30.0 Å². The van der Waals surface area contributed by atoms with Gasteiger partial charge in [0.15, 0.2) is 17.0 Å². The molecule has 2 aromatic heterocycles. The number of piperidine rings is 1. The van der Waals surface area contributed by atoms with Gasteiger partial charge in [0.2, 0.25) is 5.28 Å². The molecule has 27 heavy (non-hydrogen) atoms. The van der Waals surface area contributed by atoms with Crippen molar-refractivity contribution in [3.63, 3.8) is 0 Å². The van der Waals surface area contributed by atoms with Crippen molar-refractivity contribution in [3.05, 3.63) is 11.6 Å². The average molecular weight is 393 g/mol. The summed E-state index contributed by atoms with van der Waals surface area (Å²) in [5.41, 5.74) is 5.08. The number of imidazole rings is 1. The maximum absolute atomic E-state index is 8.93. The highest BCUT2D eigenvalue weighted by atomic mass is 35.5. The van der Waals surface area contributed by atoms with Crippen LogP contribution in [0.5, 0.6) is 0 Å². The quantitative estimate of drug-likeness (QED) is 0.551. The van der Waals surface area contributed by atoms with Crippen molar-refractivity contribution in [2.24, 2.45) is 5.92 Å². The normalized spacial score (nSPS) is 19.9. The first-order chi connectivity index (χ1) is 13.2. The summed E-state index contributed by atoms with van der Waals surface area (Å²) in [6, 6.07) is 0.475. The second-order valence-electron chi connectivity index (χ2n) is 7.87. The molecule has 1 saturated carbocycles. The molecule has 148 valence electrons. The molecule has 0 amide bonds. The number of hydrazine groups is 1. The lowest BCUT2D eigenvalue weighted by atomic mass is 9.92. The largest absolute Gasteiger partial charge is 0.396 e. The molecule has 4 rings (SSSR count). The van der Waals surface area contributed by atoms with Crippen LogP contribution >= 0.6 is 11.6 Å². The topological polar surface area (TPSA) is 79.1 Å². The van der Waals surface area contributed by atoms with Crippen LogP contribution in [0.25, 0.3) is 11.2 Å². The molecule has 1 aliphatic heterocycles. The minimum absolute atomic E-state index is 0.267. The van der Waals surface area contributed by atoms with E-state index in [1.165, 1.54) is 32.1 Å². The Labute approximate surface area is 165 Å². The molecular formula is C19H29ClN6O. The highest BCUT2D eigenvalue weighted by Gasteiger charge is 2.23. The van der Waals surface area contributed by atoms with Gasteiger partial charge in [-0.2, -0.15) is 9.97 Å². The van der Waals surface area contributed by atoms with E-state index in [4.69, 9.17) is 16.7 Å². The van der Waals surface area contributed by atoms with Crippen LogP contribution in [-0.4, -0.2) is 49.3 Å².